The van der Waals surface area contributed by atoms with Crippen LogP contribution in [-0.2, 0) is 0 Å². The van der Waals surface area contributed by atoms with Crippen LogP contribution in [0.1, 0.15) is 10.4 Å². The molecule has 0 atom stereocenters. The van der Waals surface area contributed by atoms with Gasteiger partial charge in [-0.15, -0.1) is 0 Å². The molecule has 0 aliphatic heterocycles. The molecule has 0 radical (unpaired) electrons. The molecule has 0 saturated heterocycles. The first-order chi connectivity index (χ1) is 9.65. The molecule has 1 aromatic carbocycles. The van der Waals surface area contributed by atoms with Crippen LogP contribution in [0.3, 0.4) is 0 Å². The van der Waals surface area contributed by atoms with Crippen LogP contribution in [0, 0.1) is 0 Å². The fraction of sp³-hybridized carbons (Fsp3) is 0.154. The molecule has 0 spiro atoms. The van der Waals surface area contributed by atoms with Crippen molar-refractivity contribution in [3.63, 3.8) is 0 Å². The minimum absolute atomic E-state index is 0.190. The molecule has 0 unspecified atom stereocenters. The standard InChI is InChI=1S/C13H12ClN3O3/c1-19-8-4-3-5-9(20-2)12(8)13(18)17-11-7-15-6-10(14)16-11/h3-7H,1-2H3,(H,16,17,18). The number of hydrogen-bond donors (Lipinski definition) is 1. The molecule has 2 aromatic rings. The summed E-state index contributed by atoms with van der Waals surface area (Å²) in [6.07, 6.45) is 2.77. The lowest BCUT2D eigenvalue weighted by atomic mass is 10.1. The number of anilines is 1. The smallest absolute Gasteiger partial charge is 0.264 e. The molecule has 0 aliphatic carbocycles. The van der Waals surface area contributed by atoms with Crippen molar-refractivity contribution in [1.29, 1.82) is 0 Å². The van der Waals surface area contributed by atoms with Gasteiger partial charge in [0.15, 0.2) is 5.82 Å². The van der Waals surface area contributed by atoms with Crippen LogP contribution in [-0.4, -0.2) is 30.1 Å². The SMILES string of the molecule is COc1cccc(OC)c1C(=O)Nc1cncc(Cl)n1. The Morgan fingerprint density at radius 2 is 1.85 bits per heavy atom. The number of nitrogens with zero attached hydrogens (tertiary/aromatic N) is 2. The van der Waals surface area contributed by atoms with E-state index in [0.717, 1.165) is 0 Å². The van der Waals surface area contributed by atoms with Crippen LogP contribution in [0.5, 0.6) is 11.5 Å². The number of benzene rings is 1. The van der Waals surface area contributed by atoms with E-state index in [1.807, 2.05) is 0 Å². The highest BCUT2D eigenvalue weighted by atomic mass is 35.5. The van der Waals surface area contributed by atoms with Crippen LogP contribution >= 0.6 is 11.6 Å². The second-order valence-electron chi connectivity index (χ2n) is 3.72. The third-order valence-electron chi connectivity index (χ3n) is 2.50. The van der Waals surface area contributed by atoms with Gasteiger partial charge in [-0.2, -0.15) is 0 Å². The monoisotopic (exact) mass is 293 g/mol. The fourth-order valence-corrected chi connectivity index (χ4v) is 1.80. The van der Waals surface area contributed by atoms with Gasteiger partial charge in [-0.3, -0.25) is 9.78 Å². The van der Waals surface area contributed by atoms with E-state index in [1.165, 1.54) is 26.6 Å². The van der Waals surface area contributed by atoms with E-state index in [4.69, 9.17) is 21.1 Å². The van der Waals surface area contributed by atoms with Crippen molar-refractivity contribution in [3.05, 3.63) is 41.3 Å². The fourth-order valence-electron chi connectivity index (χ4n) is 1.66. The summed E-state index contributed by atoms with van der Waals surface area (Å²) in [7, 11) is 2.95. The van der Waals surface area contributed by atoms with E-state index in [-0.39, 0.29) is 16.5 Å². The summed E-state index contributed by atoms with van der Waals surface area (Å²) < 4.78 is 10.3. The van der Waals surface area contributed by atoms with Gasteiger partial charge in [0.05, 0.1) is 26.6 Å². The normalized spacial score (nSPS) is 9.95. The molecule has 1 N–H and O–H groups in total. The van der Waals surface area contributed by atoms with E-state index in [2.05, 4.69) is 15.3 Å². The summed E-state index contributed by atoms with van der Waals surface area (Å²) in [5.74, 6) is 0.625. The van der Waals surface area contributed by atoms with Crippen LogP contribution in [0.15, 0.2) is 30.6 Å². The van der Waals surface area contributed by atoms with E-state index in [1.54, 1.807) is 18.2 Å². The Bertz CT molecular complexity index is 612. The van der Waals surface area contributed by atoms with Gasteiger partial charge in [0, 0.05) is 0 Å². The van der Waals surface area contributed by atoms with Crippen molar-refractivity contribution in [2.45, 2.75) is 0 Å². The number of halogens is 1. The van der Waals surface area contributed by atoms with Crippen molar-refractivity contribution in [2.24, 2.45) is 0 Å². The van der Waals surface area contributed by atoms with E-state index < -0.39 is 5.91 Å². The molecule has 2 rings (SSSR count). The number of rotatable bonds is 4. The molecule has 6 nitrogen and oxygen atoms in total. The van der Waals surface area contributed by atoms with Gasteiger partial charge in [0.1, 0.15) is 22.2 Å². The summed E-state index contributed by atoms with van der Waals surface area (Å²) in [5, 5.41) is 2.78. The quantitative estimate of drug-likeness (QED) is 0.937. The van der Waals surface area contributed by atoms with E-state index >= 15 is 0 Å². The van der Waals surface area contributed by atoms with Crippen molar-refractivity contribution >= 4 is 23.3 Å². The predicted molar refractivity (Wildman–Crippen MR) is 74.5 cm³/mol. The second kappa shape index (κ2) is 6.21. The molecule has 7 heteroatoms. The highest BCUT2D eigenvalue weighted by Gasteiger charge is 2.18. The maximum atomic E-state index is 12.3. The molecule has 0 aliphatic rings. The molecule has 0 fully saturated rings. The topological polar surface area (TPSA) is 73.3 Å². The lowest BCUT2D eigenvalue weighted by molar-refractivity contribution is 0.102. The zero-order valence-corrected chi connectivity index (χ0v) is 11.6. The molecule has 1 aromatic heterocycles. The van der Waals surface area contributed by atoms with Gasteiger partial charge in [-0.25, -0.2) is 4.98 Å². The van der Waals surface area contributed by atoms with E-state index in [9.17, 15) is 4.79 Å². The molecule has 1 amide bonds. The molecule has 20 heavy (non-hydrogen) atoms. The van der Waals surface area contributed by atoms with Crippen LogP contribution < -0.4 is 14.8 Å². The number of carbonyl (C=O) groups is 1. The summed E-state index contributed by atoms with van der Waals surface area (Å²) in [4.78, 5) is 20.1. The van der Waals surface area contributed by atoms with Crippen molar-refractivity contribution in [2.75, 3.05) is 19.5 Å². The number of carbonyl (C=O) groups excluding carboxylic acids is 1. The third kappa shape index (κ3) is 2.97. The number of aromatic nitrogens is 2. The summed E-state index contributed by atoms with van der Waals surface area (Å²) in [6.45, 7) is 0. The van der Waals surface area contributed by atoms with Gasteiger partial charge in [-0.05, 0) is 12.1 Å². The maximum Gasteiger partial charge on any atom is 0.264 e. The van der Waals surface area contributed by atoms with Crippen molar-refractivity contribution in [1.82, 2.24) is 9.97 Å². The van der Waals surface area contributed by atoms with Crippen LogP contribution in [0.25, 0.3) is 0 Å². The van der Waals surface area contributed by atoms with E-state index in [0.29, 0.717) is 11.5 Å². The minimum Gasteiger partial charge on any atom is -0.496 e. The first kappa shape index (κ1) is 14.1. The molecular formula is C13H12ClN3O3. The average molecular weight is 294 g/mol. The Balaban J connectivity index is 2.33. The highest BCUT2D eigenvalue weighted by molar-refractivity contribution is 6.29. The summed E-state index contributed by atoms with van der Waals surface area (Å²) in [5.41, 5.74) is 0.277. The van der Waals surface area contributed by atoms with Crippen LogP contribution in [0.4, 0.5) is 5.82 Å². The Morgan fingerprint density at radius 3 is 2.40 bits per heavy atom. The van der Waals surface area contributed by atoms with Gasteiger partial charge in [-0.1, -0.05) is 17.7 Å². The van der Waals surface area contributed by atoms with Crippen molar-refractivity contribution < 1.29 is 14.3 Å². The summed E-state index contributed by atoms with van der Waals surface area (Å²) in [6, 6.07) is 5.07. The molecular weight excluding hydrogens is 282 g/mol. The lowest BCUT2D eigenvalue weighted by Gasteiger charge is -2.12. The lowest BCUT2D eigenvalue weighted by Crippen LogP contribution is -2.15. The number of methoxy groups -OCH3 is 2. The first-order valence-electron chi connectivity index (χ1n) is 5.65. The zero-order chi connectivity index (χ0) is 14.5. The minimum atomic E-state index is -0.420. The average Bonchev–Trinajstić information content (AvgIpc) is 2.46. The molecule has 0 bridgehead atoms. The zero-order valence-electron chi connectivity index (χ0n) is 10.9. The number of nitrogens with one attached hydrogen (secondary N) is 1. The number of amides is 1. The van der Waals surface area contributed by atoms with Crippen LogP contribution in [0.2, 0.25) is 5.15 Å². The predicted octanol–water partition coefficient (Wildman–Crippen LogP) is 2.40. The molecule has 0 saturated carbocycles. The third-order valence-corrected chi connectivity index (χ3v) is 2.68. The Hall–Kier alpha value is -2.34. The molecule has 1 heterocycles. The Morgan fingerprint density at radius 1 is 1.20 bits per heavy atom. The Labute approximate surface area is 120 Å². The Kier molecular flexibility index (Phi) is 4.37. The number of ether oxygens (including phenoxy) is 2. The van der Waals surface area contributed by atoms with Gasteiger partial charge < -0.3 is 14.8 Å². The number of hydrogen-bond acceptors (Lipinski definition) is 5. The summed E-state index contributed by atoms with van der Waals surface area (Å²) >= 11 is 5.72. The van der Waals surface area contributed by atoms with Gasteiger partial charge in [0.2, 0.25) is 0 Å². The van der Waals surface area contributed by atoms with Gasteiger partial charge >= 0.3 is 0 Å². The molecule has 104 valence electrons. The second-order valence-corrected chi connectivity index (χ2v) is 4.11. The van der Waals surface area contributed by atoms with Gasteiger partial charge in [0.25, 0.3) is 5.91 Å². The van der Waals surface area contributed by atoms with Crippen molar-refractivity contribution in [3.8, 4) is 11.5 Å². The first-order valence-corrected chi connectivity index (χ1v) is 6.03. The highest BCUT2D eigenvalue weighted by Crippen LogP contribution is 2.28. The maximum absolute atomic E-state index is 12.3. The largest absolute Gasteiger partial charge is 0.496 e.